The number of hydrogen-bond donors (Lipinski definition) is 1. The molecular weight excluding hydrogens is 460 g/mol. The predicted octanol–water partition coefficient (Wildman–Crippen LogP) is 6.86. The summed E-state index contributed by atoms with van der Waals surface area (Å²) < 4.78 is 81.4. The van der Waals surface area contributed by atoms with E-state index in [0.29, 0.717) is 25.1 Å². The summed E-state index contributed by atoms with van der Waals surface area (Å²) in [6.45, 7) is 2.78. The quantitative estimate of drug-likeness (QED) is 0.399. The third kappa shape index (κ3) is 4.90. The van der Waals surface area contributed by atoms with Crippen molar-refractivity contribution in [3.05, 3.63) is 88.7 Å². The van der Waals surface area contributed by atoms with Gasteiger partial charge in [-0.25, -0.2) is 4.79 Å². The maximum absolute atomic E-state index is 13.3. The summed E-state index contributed by atoms with van der Waals surface area (Å²) in [5, 5.41) is 2.28. The van der Waals surface area contributed by atoms with Crippen LogP contribution in [0.5, 0.6) is 0 Å². The fourth-order valence-electron chi connectivity index (χ4n) is 4.21. The standard InChI is InChI=1S/C24H21F6N3O/c1-15-5-2-6-16(11-15)21-20-7-3-8-32(20)9-4-10-33(21)22(34)31-19-13-17(23(25,26)27)12-18(14-19)24(28,29)30/h2-3,5-8,11-14,21H,4,9-10H2,1H3,(H,31,34). The van der Waals surface area contributed by atoms with E-state index >= 15 is 0 Å². The number of aromatic nitrogens is 1. The van der Waals surface area contributed by atoms with E-state index in [1.807, 2.05) is 54.1 Å². The Balaban J connectivity index is 1.73. The first kappa shape index (κ1) is 23.7. The molecule has 0 fully saturated rings. The number of carbonyl (C=O) groups excluding carboxylic acids is 1. The van der Waals surface area contributed by atoms with E-state index < -0.39 is 41.2 Å². The third-order valence-electron chi connectivity index (χ3n) is 5.71. The molecule has 1 aliphatic heterocycles. The van der Waals surface area contributed by atoms with Crippen LogP contribution >= 0.6 is 0 Å². The van der Waals surface area contributed by atoms with Crippen LogP contribution in [0.2, 0.25) is 0 Å². The van der Waals surface area contributed by atoms with Crippen LogP contribution in [-0.4, -0.2) is 22.0 Å². The zero-order chi connectivity index (χ0) is 24.7. The molecule has 180 valence electrons. The number of aryl methyl sites for hydroxylation is 2. The Hall–Kier alpha value is -3.43. The summed E-state index contributed by atoms with van der Waals surface area (Å²) in [5.74, 6) is 0. The predicted molar refractivity (Wildman–Crippen MR) is 114 cm³/mol. The number of rotatable bonds is 2. The third-order valence-corrected chi connectivity index (χ3v) is 5.71. The van der Waals surface area contributed by atoms with Crippen molar-refractivity contribution >= 4 is 11.7 Å². The average Bonchev–Trinajstić information content (AvgIpc) is 3.11. The van der Waals surface area contributed by atoms with Crippen molar-refractivity contribution in [1.82, 2.24) is 9.47 Å². The average molecular weight is 481 g/mol. The number of anilines is 1. The lowest BCUT2D eigenvalue weighted by molar-refractivity contribution is -0.143. The highest BCUT2D eigenvalue weighted by Gasteiger charge is 2.38. The number of nitrogens with zero attached hydrogens (tertiary/aromatic N) is 2. The van der Waals surface area contributed by atoms with Gasteiger partial charge in [0.1, 0.15) is 0 Å². The minimum absolute atomic E-state index is 0.0318. The van der Waals surface area contributed by atoms with Crippen molar-refractivity contribution in [2.75, 3.05) is 11.9 Å². The van der Waals surface area contributed by atoms with Crippen molar-refractivity contribution < 1.29 is 31.1 Å². The summed E-state index contributed by atoms with van der Waals surface area (Å²) >= 11 is 0. The normalized spacial score (nSPS) is 16.7. The van der Waals surface area contributed by atoms with Gasteiger partial charge in [0.2, 0.25) is 0 Å². The number of amides is 2. The topological polar surface area (TPSA) is 37.3 Å². The van der Waals surface area contributed by atoms with Gasteiger partial charge in [0.25, 0.3) is 0 Å². The Bertz CT molecular complexity index is 1170. The van der Waals surface area contributed by atoms with Gasteiger partial charge < -0.3 is 14.8 Å². The summed E-state index contributed by atoms with van der Waals surface area (Å²) in [4.78, 5) is 14.7. The summed E-state index contributed by atoms with van der Waals surface area (Å²) in [7, 11) is 0. The number of hydrogen-bond acceptors (Lipinski definition) is 1. The lowest BCUT2D eigenvalue weighted by Crippen LogP contribution is -2.39. The van der Waals surface area contributed by atoms with Gasteiger partial charge in [-0.15, -0.1) is 0 Å². The lowest BCUT2D eigenvalue weighted by Gasteiger charge is -2.31. The molecule has 0 bridgehead atoms. The largest absolute Gasteiger partial charge is 0.416 e. The molecule has 0 radical (unpaired) electrons. The number of alkyl halides is 6. The van der Waals surface area contributed by atoms with Gasteiger partial charge in [0.05, 0.1) is 17.2 Å². The Morgan fingerprint density at radius 3 is 2.21 bits per heavy atom. The number of nitrogens with one attached hydrogen (secondary N) is 1. The van der Waals surface area contributed by atoms with Crippen molar-refractivity contribution in [1.29, 1.82) is 0 Å². The molecule has 1 aromatic heterocycles. The van der Waals surface area contributed by atoms with Crippen LogP contribution < -0.4 is 5.32 Å². The molecule has 0 aliphatic carbocycles. The molecule has 10 heteroatoms. The van der Waals surface area contributed by atoms with Crippen molar-refractivity contribution in [3.8, 4) is 0 Å². The molecule has 1 aliphatic rings. The second-order valence-corrected chi connectivity index (χ2v) is 8.21. The summed E-state index contributed by atoms with van der Waals surface area (Å²) in [6, 6.07) is 10.9. The fourth-order valence-corrected chi connectivity index (χ4v) is 4.21. The van der Waals surface area contributed by atoms with Crippen LogP contribution in [0.1, 0.15) is 40.4 Å². The van der Waals surface area contributed by atoms with Crippen LogP contribution in [0.25, 0.3) is 0 Å². The zero-order valence-corrected chi connectivity index (χ0v) is 18.0. The number of urea groups is 1. The maximum atomic E-state index is 13.3. The molecule has 4 nitrogen and oxygen atoms in total. The SMILES string of the molecule is Cc1cccc(C2c3cccn3CCCN2C(=O)Nc2cc(C(F)(F)F)cc(C(F)(F)F)c2)c1. The molecule has 0 spiro atoms. The van der Waals surface area contributed by atoms with Gasteiger partial charge in [-0.1, -0.05) is 29.8 Å². The van der Waals surface area contributed by atoms with Crippen molar-refractivity contribution in [2.24, 2.45) is 0 Å². The Kier molecular flexibility index (Phi) is 6.09. The molecular formula is C24H21F6N3O. The second-order valence-electron chi connectivity index (χ2n) is 8.21. The molecule has 3 aromatic rings. The minimum atomic E-state index is -5.01. The fraction of sp³-hybridized carbons (Fsp3) is 0.292. The van der Waals surface area contributed by atoms with E-state index in [-0.39, 0.29) is 12.6 Å². The molecule has 1 N–H and O–H groups in total. The molecule has 2 heterocycles. The van der Waals surface area contributed by atoms with E-state index in [9.17, 15) is 31.1 Å². The summed E-state index contributed by atoms with van der Waals surface area (Å²) in [5.41, 5.74) is -1.01. The molecule has 2 amide bonds. The van der Waals surface area contributed by atoms with Crippen LogP contribution in [0.4, 0.5) is 36.8 Å². The molecule has 4 rings (SSSR count). The van der Waals surface area contributed by atoms with E-state index in [4.69, 9.17) is 0 Å². The minimum Gasteiger partial charge on any atom is -0.349 e. The zero-order valence-electron chi connectivity index (χ0n) is 18.0. The molecule has 0 saturated heterocycles. The van der Waals surface area contributed by atoms with E-state index in [1.165, 1.54) is 4.90 Å². The van der Waals surface area contributed by atoms with Crippen molar-refractivity contribution in [3.63, 3.8) is 0 Å². The monoisotopic (exact) mass is 481 g/mol. The molecule has 34 heavy (non-hydrogen) atoms. The Morgan fingerprint density at radius 1 is 0.912 bits per heavy atom. The van der Waals surface area contributed by atoms with E-state index in [0.717, 1.165) is 16.8 Å². The molecule has 2 aromatic carbocycles. The highest BCUT2D eigenvalue weighted by Crippen LogP contribution is 2.38. The van der Waals surface area contributed by atoms with Crippen LogP contribution in [0.3, 0.4) is 0 Å². The van der Waals surface area contributed by atoms with Gasteiger partial charge in [-0.2, -0.15) is 26.3 Å². The van der Waals surface area contributed by atoms with Gasteiger partial charge in [-0.05, 0) is 49.2 Å². The molecule has 1 atom stereocenters. The van der Waals surface area contributed by atoms with Crippen LogP contribution in [-0.2, 0) is 18.9 Å². The Labute approximate surface area is 191 Å². The van der Waals surface area contributed by atoms with Crippen LogP contribution in [0.15, 0.2) is 60.8 Å². The van der Waals surface area contributed by atoms with Gasteiger partial charge in [0, 0.05) is 30.7 Å². The smallest absolute Gasteiger partial charge is 0.349 e. The second kappa shape index (κ2) is 8.73. The number of halogens is 6. The molecule has 0 saturated carbocycles. The maximum Gasteiger partial charge on any atom is 0.416 e. The molecule has 1 unspecified atom stereocenters. The van der Waals surface area contributed by atoms with Gasteiger partial charge >= 0.3 is 18.4 Å². The first-order valence-electron chi connectivity index (χ1n) is 10.5. The van der Waals surface area contributed by atoms with E-state index in [1.54, 1.807) is 0 Å². The highest BCUT2D eigenvalue weighted by atomic mass is 19.4. The highest BCUT2D eigenvalue weighted by molar-refractivity contribution is 5.90. The van der Waals surface area contributed by atoms with Crippen LogP contribution in [0, 0.1) is 6.92 Å². The first-order chi connectivity index (χ1) is 15.9. The van der Waals surface area contributed by atoms with Crippen molar-refractivity contribution in [2.45, 2.75) is 38.3 Å². The van der Waals surface area contributed by atoms with Gasteiger partial charge in [0.15, 0.2) is 0 Å². The first-order valence-corrected chi connectivity index (χ1v) is 10.5. The Morgan fingerprint density at radius 2 is 1.59 bits per heavy atom. The number of benzene rings is 2. The van der Waals surface area contributed by atoms with E-state index in [2.05, 4.69) is 5.32 Å². The number of fused-ring (bicyclic) bond motifs is 1. The lowest BCUT2D eigenvalue weighted by atomic mass is 10.00. The summed E-state index contributed by atoms with van der Waals surface area (Å²) in [6.07, 6.45) is -7.57. The van der Waals surface area contributed by atoms with Gasteiger partial charge in [-0.3, -0.25) is 0 Å². The number of carbonyl (C=O) groups is 1.